The fourth-order valence-corrected chi connectivity index (χ4v) is 3.23. The van der Waals surface area contributed by atoms with Gasteiger partial charge in [-0.15, -0.1) is 0 Å². The third-order valence-corrected chi connectivity index (χ3v) is 4.58. The zero-order valence-electron chi connectivity index (χ0n) is 14.9. The number of hydrogen-bond donors (Lipinski definition) is 2. The second-order valence-corrected chi connectivity index (χ2v) is 6.66. The summed E-state index contributed by atoms with van der Waals surface area (Å²) in [6, 6.07) is 2.56. The monoisotopic (exact) mass is 359 g/mol. The highest BCUT2D eigenvalue weighted by molar-refractivity contribution is 5.90. The molecule has 1 amide bonds. The summed E-state index contributed by atoms with van der Waals surface area (Å²) >= 11 is 0. The first-order valence-corrected chi connectivity index (χ1v) is 8.57. The Morgan fingerprint density at radius 2 is 1.92 bits per heavy atom. The molecular formula is C19H21NO6. The highest BCUT2D eigenvalue weighted by Crippen LogP contribution is 2.35. The van der Waals surface area contributed by atoms with E-state index in [1.807, 2.05) is 6.92 Å². The molecule has 0 aliphatic heterocycles. The fraction of sp³-hybridized carbons (Fsp3) is 0.421. The van der Waals surface area contributed by atoms with Crippen molar-refractivity contribution < 1.29 is 23.8 Å². The van der Waals surface area contributed by atoms with E-state index in [4.69, 9.17) is 14.3 Å². The Kier molecular flexibility index (Phi) is 4.71. The van der Waals surface area contributed by atoms with E-state index in [0.717, 1.165) is 24.0 Å². The van der Waals surface area contributed by atoms with Crippen LogP contribution in [0, 0.1) is 6.92 Å². The average Bonchev–Trinajstić information content (AvgIpc) is 3.04. The van der Waals surface area contributed by atoms with Gasteiger partial charge in [0.1, 0.15) is 17.4 Å². The van der Waals surface area contributed by atoms with Gasteiger partial charge in [0, 0.05) is 5.56 Å². The molecule has 1 heterocycles. The first-order valence-electron chi connectivity index (χ1n) is 8.57. The third-order valence-electron chi connectivity index (χ3n) is 4.58. The van der Waals surface area contributed by atoms with Crippen molar-refractivity contribution in [1.29, 1.82) is 0 Å². The van der Waals surface area contributed by atoms with Gasteiger partial charge in [-0.25, -0.2) is 4.79 Å². The quantitative estimate of drug-likeness (QED) is 0.791. The lowest BCUT2D eigenvalue weighted by atomic mass is 10.0. The second-order valence-electron chi connectivity index (χ2n) is 6.66. The van der Waals surface area contributed by atoms with Gasteiger partial charge in [-0.1, -0.05) is 0 Å². The Labute approximate surface area is 150 Å². The number of carbonyl (C=O) groups excluding carboxylic acids is 1. The number of amides is 1. The van der Waals surface area contributed by atoms with Crippen LogP contribution >= 0.6 is 0 Å². The lowest BCUT2D eigenvalue weighted by Gasteiger charge is -2.19. The molecule has 3 rings (SSSR count). The topological polar surface area (TPSA) is 106 Å². The molecule has 138 valence electrons. The van der Waals surface area contributed by atoms with Crippen LogP contribution in [0.4, 0.5) is 0 Å². The van der Waals surface area contributed by atoms with Crippen LogP contribution in [0.15, 0.2) is 21.3 Å². The molecule has 0 saturated carbocycles. The van der Waals surface area contributed by atoms with Crippen molar-refractivity contribution in [1.82, 2.24) is 5.32 Å². The molecule has 2 aromatic rings. The lowest BCUT2D eigenvalue weighted by Crippen LogP contribution is -2.44. The van der Waals surface area contributed by atoms with Crippen LogP contribution in [-0.2, 0) is 22.4 Å². The minimum absolute atomic E-state index is 0.317. The van der Waals surface area contributed by atoms with E-state index in [1.165, 1.54) is 6.92 Å². The van der Waals surface area contributed by atoms with Crippen molar-refractivity contribution in [3.63, 3.8) is 0 Å². The van der Waals surface area contributed by atoms with Gasteiger partial charge < -0.3 is 19.6 Å². The Balaban J connectivity index is 1.97. The smallest absolute Gasteiger partial charge is 0.339 e. The van der Waals surface area contributed by atoms with Crippen LogP contribution in [0.1, 0.15) is 37.0 Å². The lowest BCUT2D eigenvalue weighted by molar-refractivity contribution is -0.142. The third kappa shape index (κ3) is 3.29. The standard InChI is InChI=1S/C19H21NO6/c1-9-7-14(25-11(3)17(21)20-10(2)18(22)23)16-12-5-4-6-13(12)19(24)26-15(16)8-9/h7-8,10-11H,4-6H2,1-3H3,(H,20,21)(H,22,23)/t10-,11-/m0/s1. The molecule has 1 aliphatic carbocycles. The van der Waals surface area contributed by atoms with Crippen LogP contribution < -0.4 is 15.7 Å². The number of rotatable bonds is 5. The van der Waals surface area contributed by atoms with Crippen LogP contribution in [0.3, 0.4) is 0 Å². The number of benzene rings is 1. The maximum atomic E-state index is 12.2. The average molecular weight is 359 g/mol. The summed E-state index contributed by atoms with van der Waals surface area (Å²) in [4.78, 5) is 35.2. The predicted molar refractivity (Wildman–Crippen MR) is 94.6 cm³/mol. The number of ether oxygens (including phenoxy) is 1. The van der Waals surface area contributed by atoms with Gasteiger partial charge in [-0.2, -0.15) is 0 Å². The van der Waals surface area contributed by atoms with E-state index >= 15 is 0 Å². The van der Waals surface area contributed by atoms with Crippen LogP contribution in [0.25, 0.3) is 11.0 Å². The summed E-state index contributed by atoms with van der Waals surface area (Å²) in [7, 11) is 0. The zero-order valence-corrected chi connectivity index (χ0v) is 14.9. The minimum atomic E-state index is -1.12. The summed E-state index contributed by atoms with van der Waals surface area (Å²) in [6.07, 6.45) is 1.41. The number of carboxylic acids is 1. The highest BCUT2D eigenvalue weighted by Gasteiger charge is 2.25. The van der Waals surface area contributed by atoms with E-state index in [2.05, 4.69) is 5.32 Å². The van der Waals surface area contributed by atoms with Gasteiger partial charge in [0.05, 0.1) is 5.39 Å². The number of aryl methyl sites for hydroxylation is 2. The zero-order chi connectivity index (χ0) is 19.0. The summed E-state index contributed by atoms with van der Waals surface area (Å²) < 4.78 is 11.3. The van der Waals surface area contributed by atoms with Crippen molar-refractivity contribution >= 4 is 22.8 Å². The van der Waals surface area contributed by atoms with E-state index in [0.29, 0.717) is 28.7 Å². The number of fused-ring (bicyclic) bond motifs is 3. The minimum Gasteiger partial charge on any atom is -0.480 e. The molecule has 7 heteroatoms. The van der Waals surface area contributed by atoms with Crippen molar-refractivity contribution in [3.8, 4) is 5.75 Å². The molecule has 7 nitrogen and oxygen atoms in total. The molecule has 1 aromatic carbocycles. The fourth-order valence-electron chi connectivity index (χ4n) is 3.23. The first-order chi connectivity index (χ1) is 12.3. The molecule has 26 heavy (non-hydrogen) atoms. The van der Waals surface area contributed by atoms with Gasteiger partial charge in [-0.3, -0.25) is 9.59 Å². The van der Waals surface area contributed by atoms with Gasteiger partial charge in [-0.05, 0) is 63.3 Å². The van der Waals surface area contributed by atoms with Gasteiger partial charge >= 0.3 is 11.6 Å². The number of carbonyl (C=O) groups is 2. The Morgan fingerprint density at radius 3 is 2.62 bits per heavy atom. The largest absolute Gasteiger partial charge is 0.480 e. The molecule has 0 saturated heterocycles. The SMILES string of the molecule is Cc1cc(O[C@@H](C)C(=O)N[C@@H](C)C(=O)O)c2c3c(c(=O)oc2c1)CCC3. The van der Waals surface area contributed by atoms with Crippen LogP contribution in [-0.4, -0.2) is 29.1 Å². The van der Waals surface area contributed by atoms with E-state index in [9.17, 15) is 14.4 Å². The number of nitrogens with one attached hydrogen (secondary N) is 1. The predicted octanol–water partition coefficient (Wildman–Crippen LogP) is 1.95. The molecule has 1 aliphatic rings. The summed E-state index contributed by atoms with van der Waals surface area (Å²) in [6.45, 7) is 4.78. The molecule has 0 fully saturated rings. The van der Waals surface area contributed by atoms with E-state index < -0.39 is 24.0 Å². The second kappa shape index (κ2) is 6.82. The first kappa shape index (κ1) is 18.0. The van der Waals surface area contributed by atoms with Gasteiger partial charge in [0.2, 0.25) is 0 Å². The molecule has 0 bridgehead atoms. The van der Waals surface area contributed by atoms with Crippen molar-refractivity contribution in [2.24, 2.45) is 0 Å². The van der Waals surface area contributed by atoms with Crippen molar-refractivity contribution in [3.05, 3.63) is 39.2 Å². The van der Waals surface area contributed by atoms with Crippen LogP contribution in [0.5, 0.6) is 5.75 Å². The molecule has 1 aromatic heterocycles. The maximum Gasteiger partial charge on any atom is 0.339 e. The number of carboxylic acid groups (broad SMARTS) is 1. The number of aliphatic carboxylic acids is 1. The Morgan fingerprint density at radius 1 is 1.23 bits per heavy atom. The van der Waals surface area contributed by atoms with Gasteiger partial charge in [0.15, 0.2) is 6.10 Å². The molecule has 2 atom stereocenters. The molecule has 0 unspecified atom stereocenters. The Bertz CT molecular complexity index is 945. The molecule has 0 radical (unpaired) electrons. The van der Waals surface area contributed by atoms with Crippen molar-refractivity contribution in [2.75, 3.05) is 0 Å². The normalized spacial score (nSPS) is 15.3. The van der Waals surface area contributed by atoms with E-state index in [-0.39, 0.29) is 5.63 Å². The Hall–Kier alpha value is -2.83. The summed E-state index contributed by atoms with van der Waals surface area (Å²) in [5.41, 5.74) is 2.54. The van der Waals surface area contributed by atoms with Gasteiger partial charge in [0.25, 0.3) is 5.91 Å². The summed E-state index contributed by atoms with van der Waals surface area (Å²) in [5, 5.41) is 12.0. The molecular weight excluding hydrogens is 338 g/mol. The molecule has 2 N–H and O–H groups in total. The summed E-state index contributed by atoms with van der Waals surface area (Å²) in [5.74, 6) is -1.18. The number of hydrogen-bond acceptors (Lipinski definition) is 5. The van der Waals surface area contributed by atoms with Crippen molar-refractivity contribution in [2.45, 2.75) is 52.2 Å². The maximum absolute atomic E-state index is 12.2. The molecule has 0 spiro atoms. The van der Waals surface area contributed by atoms with E-state index in [1.54, 1.807) is 19.1 Å². The van der Waals surface area contributed by atoms with Crippen LogP contribution in [0.2, 0.25) is 0 Å². The highest BCUT2D eigenvalue weighted by atomic mass is 16.5.